The number of nitrogen functional groups attached to an aromatic ring is 1. The van der Waals surface area contributed by atoms with Gasteiger partial charge in [-0.3, -0.25) is 4.79 Å². The monoisotopic (exact) mass is 463 g/mol. The van der Waals surface area contributed by atoms with E-state index in [-0.39, 0.29) is 30.4 Å². The first-order chi connectivity index (χ1) is 16.3. The Balaban J connectivity index is 1.66. The number of halogens is 2. The number of carbonyl (C=O) groups is 1. The maximum Gasteiger partial charge on any atom is 0.269 e. The molecule has 4 aromatic rings. The van der Waals surface area contributed by atoms with E-state index in [4.69, 9.17) is 21.9 Å². The van der Waals surface area contributed by atoms with Crippen LogP contribution in [0.2, 0.25) is 0 Å². The second-order valence-corrected chi connectivity index (χ2v) is 8.56. The zero-order valence-corrected chi connectivity index (χ0v) is 18.2. The average molecular weight is 463 g/mol. The van der Waals surface area contributed by atoms with Crippen molar-refractivity contribution in [2.75, 3.05) is 11.1 Å². The van der Waals surface area contributed by atoms with E-state index in [2.05, 4.69) is 15.3 Å². The number of fused-ring (bicyclic) bond motifs is 3. The highest BCUT2D eigenvalue weighted by Crippen LogP contribution is 2.37. The molecule has 174 valence electrons. The number of carbonyl (C=O) groups excluding carboxylic acids is 1. The van der Waals surface area contributed by atoms with Gasteiger partial charge in [0.2, 0.25) is 5.92 Å². The van der Waals surface area contributed by atoms with Gasteiger partial charge in [-0.1, -0.05) is 12.1 Å². The molecule has 2 aromatic heterocycles. The number of hydrogen-bond acceptors (Lipinski definition) is 6. The van der Waals surface area contributed by atoms with Crippen molar-refractivity contribution in [2.45, 2.75) is 37.6 Å². The van der Waals surface area contributed by atoms with Crippen LogP contribution in [0.5, 0.6) is 0 Å². The lowest BCUT2D eigenvalue weighted by Crippen LogP contribution is -2.32. The Morgan fingerprint density at radius 2 is 1.91 bits per heavy atom. The van der Waals surface area contributed by atoms with Crippen molar-refractivity contribution < 1.29 is 13.6 Å². The minimum atomic E-state index is -2.62. The van der Waals surface area contributed by atoms with E-state index in [9.17, 15) is 13.6 Å². The Morgan fingerprint density at radius 3 is 2.62 bits per heavy atom. The van der Waals surface area contributed by atoms with E-state index < -0.39 is 11.8 Å². The van der Waals surface area contributed by atoms with Crippen LogP contribution in [-0.2, 0) is 0 Å². The molecule has 0 bridgehead atoms. The van der Waals surface area contributed by atoms with Gasteiger partial charge in [0, 0.05) is 58.5 Å². The van der Waals surface area contributed by atoms with E-state index in [0.717, 1.165) is 6.21 Å². The Labute approximate surface area is 193 Å². The summed E-state index contributed by atoms with van der Waals surface area (Å²) in [7, 11) is 0. The Morgan fingerprint density at radius 1 is 1.18 bits per heavy atom. The van der Waals surface area contributed by atoms with Crippen LogP contribution in [0, 0.1) is 5.41 Å². The molecule has 0 spiro atoms. The summed E-state index contributed by atoms with van der Waals surface area (Å²) in [6.45, 7) is 0. The molecule has 1 amide bonds. The number of hydrogen-bond donors (Lipinski definition) is 5. The van der Waals surface area contributed by atoms with Gasteiger partial charge in [0.05, 0.1) is 5.52 Å². The highest BCUT2D eigenvalue weighted by atomic mass is 19.3. The van der Waals surface area contributed by atoms with Gasteiger partial charge >= 0.3 is 0 Å². The summed E-state index contributed by atoms with van der Waals surface area (Å²) in [6.07, 6.45) is 1.51. The maximum absolute atomic E-state index is 13.6. The Kier molecular flexibility index (Phi) is 5.15. The molecule has 1 aliphatic carbocycles. The van der Waals surface area contributed by atoms with E-state index >= 15 is 0 Å². The van der Waals surface area contributed by atoms with Crippen LogP contribution in [0.4, 0.5) is 20.2 Å². The van der Waals surface area contributed by atoms with Crippen LogP contribution in [0.15, 0.2) is 36.4 Å². The predicted molar refractivity (Wildman–Crippen MR) is 128 cm³/mol. The molecular formula is C24H23F2N7O. The van der Waals surface area contributed by atoms with Gasteiger partial charge in [-0.2, -0.15) is 0 Å². The molecule has 8 nitrogen and oxygen atoms in total. The standard InChI is InChI=1S/C24H23F2N7O/c25-24(26)9-7-12(8-10-24)30-16-4-2-1-3-13(16)23-32-19-18-14(11-27)15(28)5-6-17(18)31-20(19)21(33-23)22(29)34/h1-6,11-12,27,30-31H,7-10,28H2,(H2,29,34). The molecular weight excluding hydrogens is 440 g/mol. The number of nitrogens with zero attached hydrogens (tertiary/aromatic N) is 2. The number of amides is 1. The van der Waals surface area contributed by atoms with Gasteiger partial charge < -0.3 is 27.2 Å². The third-order valence-electron chi connectivity index (χ3n) is 6.31. The fourth-order valence-electron chi connectivity index (χ4n) is 4.55. The van der Waals surface area contributed by atoms with Crippen molar-refractivity contribution >= 4 is 45.4 Å². The number of alkyl halides is 2. The van der Waals surface area contributed by atoms with Crippen LogP contribution in [-0.4, -0.2) is 39.0 Å². The first-order valence-electron chi connectivity index (χ1n) is 10.9. The quantitative estimate of drug-likeness (QED) is 0.219. The summed E-state index contributed by atoms with van der Waals surface area (Å²) in [5.41, 5.74) is 15.3. The van der Waals surface area contributed by atoms with Crippen molar-refractivity contribution in [2.24, 2.45) is 5.73 Å². The third kappa shape index (κ3) is 3.70. The number of primary amides is 1. The molecule has 5 rings (SSSR count). The number of nitrogens with one attached hydrogen (secondary N) is 3. The number of para-hydroxylation sites is 1. The number of benzene rings is 2. The number of nitrogens with two attached hydrogens (primary N) is 2. The van der Waals surface area contributed by atoms with Gasteiger partial charge in [-0.25, -0.2) is 18.7 Å². The summed E-state index contributed by atoms with van der Waals surface area (Å²) in [4.78, 5) is 24.6. The minimum absolute atomic E-state index is 0.0119. The van der Waals surface area contributed by atoms with Crippen molar-refractivity contribution in [1.82, 2.24) is 15.0 Å². The molecule has 2 heterocycles. The lowest BCUT2D eigenvalue weighted by molar-refractivity contribution is -0.0360. The van der Waals surface area contributed by atoms with Crippen LogP contribution in [0.3, 0.4) is 0 Å². The fourth-order valence-corrected chi connectivity index (χ4v) is 4.55. The Hall–Kier alpha value is -4.08. The normalized spacial score (nSPS) is 16.1. The van der Waals surface area contributed by atoms with E-state index in [1.165, 1.54) is 0 Å². The van der Waals surface area contributed by atoms with Crippen LogP contribution >= 0.6 is 0 Å². The van der Waals surface area contributed by atoms with Crippen molar-refractivity contribution in [3.63, 3.8) is 0 Å². The molecule has 1 saturated carbocycles. The molecule has 1 fully saturated rings. The zero-order valence-electron chi connectivity index (χ0n) is 18.2. The van der Waals surface area contributed by atoms with E-state index in [1.54, 1.807) is 18.2 Å². The van der Waals surface area contributed by atoms with E-state index in [0.29, 0.717) is 57.3 Å². The highest BCUT2D eigenvalue weighted by molar-refractivity contribution is 6.18. The summed E-state index contributed by atoms with van der Waals surface area (Å²) in [5, 5.41) is 11.8. The summed E-state index contributed by atoms with van der Waals surface area (Å²) < 4.78 is 27.2. The summed E-state index contributed by atoms with van der Waals surface area (Å²) in [6, 6.07) is 10.6. The van der Waals surface area contributed by atoms with Crippen molar-refractivity contribution in [3.8, 4) is 11.4 Å². The summed E-state index contributed by atoms with van der Waals surface area (Å²) >= 11 is 0. The first kappa shape index (κ1) is 21.7. The molecule has 1 aliphatic rings. The smallest absolute Gasteiger partial charge is 0.269 e. The molecule has 0 unspecified atom stereocenters. The lowest BCUT2D eigenvalue weighted by atomic mass is 9.92. The molecule has 0 radical (unpaired) electrons. The zero-order chi connectivity index (χ0) is 24.0. The average Bonchev–Trinajstić information content (AvgIpc) is 3.18. The van der Waals surface area contributed by atoms with Gasteiger partial charge in [-0.05, 0) is 37.1 Å². The molecule has 0 aliphatic heterocycles. The second kappa shape index (κ2) is 8.05. The second-order valence-electron chi connectivity index (χ2n) is 8.56. The SMILES string of the molecule is N=Cc1c(N)ccc2[nH]c3c(C(N)=O)nc(-c4ccccc4NC4CCC(F)(F)CC4)nc3c12. The minimum Gasteiger partial charge on any atom is -0.398 e. The van der Waals surface area contributed by atoms with Crippen LogP contribution in [0.1, 0.15) is 41.7 Å². The first-order valence-corrected chi connectivity index (χ1v) is 10.9. The lowest BCUT2D eigenvalue weighted by Gasteiger charge is -2.30. The van der Waals surface area contributed by atoms with E-state index in [1.807, 2.05) is 18.2 Å². The van der Waals surface area contributed by atoms with Crippen molar-refractivity contribution in [1.29, 1.82) is 5.41 Å². The summed E-state index contributed by atoms with van der Waals surface area (Å²) in [5.74, 6) is -3.10. The maximum atomic E-state index is 13.6. The number of aromatic nitrogens is 3. The molecule has 2 aromatic carbocycles. The van der Waals surface area contributed by atoms with Gasteiger partial charge in [0.15, 0.2) is 11.5 Å². The topological polar surface area (TPSA) is 147 Å². The van der Waals surface area contributed by atoms with Crippen LogP contribution in [0.25, 0.3) is 33.3 Å². The third-order valence-corrected chi connectivity index (χ3v) is 6.31. The van der Waals surface area contributed by atoms with Gasteiger partial charge in [0.25, 0.3) is 5.91 Å². The molecule has 0 saturated heterocycles. The molecule has 0 atom stereocenters. The fraction of sp³-hybridized carbons (Fsp3) is 0.250. The number of anilines is 2. The van der Waals surface area contributed by atoms with Gasteiger partial charge in [-0.15, -0.1) is 0 Å². The van der Waals surface area contributed by atoms with Gasteiger partial charge in [0.1, 0.15) is 5.52 Å². The predicted octanol–water partition coefficient (Wildman–Crippen LogP) is 4.45. The molecule has 10 heteroatoms. The number of aromatic amines is 1. The largest absolute Gasteiger partial charge is 0.398 e. The molecule has 34 heavy (non-hydrogen) atoms. The van der Waals surface area contributed by atoms with Crippen molar-refractivity contribution in [3.05, 3.63) is 47.7 Å². The number of rotatable bonds is 5. The Bertz CT molecular complexity index is 1440. The highest BCUT2D eigenvalue weighted by Gasteiger charge is 2.35. The number of H-pyrrole nitrogens is 1. The molecule has 7 N–H and O–H groups in total. The van der Waals surface area contributed by atoms with Crippen LogP contribution < -0.4 is 16.8 Å².